The van der Waals surface area contributed by atoms with Crippen LogP contribution in [0.1, 0.15) is 34.3 Å². The number of amides is 1. The fourth-order valence-corrected chi connectivity index (χ4v) is 3.61. The van der Waals surface area contributed by atoms with Gasteiger partial charge in [0.2, 0.25) is 0 Å². The van der Waals surface area contributed by atoms with Crippen LogP contribution in [-0.2, 0) is 6.54 Å². The summed E-state index contributed by atoms with van der Waals surface area (Å²) in [6.07, 6.45) is 8.39. The van der Waals surface area contributed by atoms with Gasteiger partial charge in [-0.3, -0.25) is 19.9 Å². The first-order valence-corrected chi connectivity index (χ1v) is 10.4. The van der Waals surface area contributed by atoms with Crippen LogP contribution in [0.5, 0.6) is 5.75 Å². The molecule has 1 fully saturated rings. The van der Waals surface area contributed by atoms with Crippen molar-refractivity contribution in [2.24, 2.45) is 0 Å². The van der Waals surface area contributed by atoms with Gasteiger partial charge in [0.25, 0.3) is 5.91 Å². The van der Waals surface area contributed by atoms with E-state index < -0.39 is 5.82 Å². The fraction of sp³-hybridized carbons (Fsp3) is 0.208. The van der Waals surface area contributed by atoms with E-state index in [-0.39, 0.29) is 17.6 Å². The molecule has 0 bridgehead atoms. The molecule has 0 saturated heterocycles. The Hall–Kier alpha value is -4.32. The van der Waals surface area contributed by atoms with Crippen molar-refractivity contribution in [1.82, 2.24) is 25.1 Å². The van der Waals surface area contributed by atoms with Crippen molar-refractivity contribution in [3.05, 3.63) is 71.6 Å². The van der Waals surface area contributed by atoms with Crippen molar-refractivity contribution in [2.75, 3.05) is 7.05 Å². The summed E-state index contributed by atoms with van der Waals surface area (Å²) in [7, 11) is 1.69. The molecule has 8 nitrogen and oxygen atoms in total. The van der Waals surface area contributed by atoms with Crippen molar-refractivity contribution >= 4 is 16.8 Å². The average Bonchev–Trinajstić information content (AvgIpc) is 3.50. The lowest BCUT2D eigenvalue weighted by Crippen LogP contribution is -2.26. The van der Waals surface area contributed by atoms with Crippen LogP contribution in [-0.4, -0.2) is 44.1 Å². The molecule has 4 aromatic rings. The Morgan fingerprint density at radius 2 is 2.09 bits per heavy atom. The highest BCUT2D eigenvalue weighted by Crippen LogP contribution is 2.35. The summed E-state index contributed by atoms with van der Waals surface area (Å²) in [5.74, 6) is -0.392. The Balaban J connectivity index is 1.46. The minimum absolute atomic E-state index is 0.0432. The number of H-pyrrole nitrogens is 1. The van der Waals surface area contributed by atoms with Gasteiger partial charge in [-0.2, -0.15) is 10.4 Å². The number of nitrogens with one attached hydrogen (secondary N) is 1. The molecular weight excluding hydrogens is 423 g/mol. The molecule has 0 aliphatic heterocycles. The molecule has 0 spiro atoms. The Kier molecular flexibility index (Phi) is 5.18. The summed E-state index contributed by atoms with van der Waals surface area (Å²) in [5, 5.41) is 17.0. The summed E-state index contributed by atoms with van der Waals surface area (Å²) in [4.78, 5) is 23.3. The number of aromatic amines is 1. The van der Waals surface area contributed by atoms with E-state index in [2.05, 4.69) is 20.2 Å². The molecular formula is C24H19FN6O2. The predicted molar refractivity (Wildman–Crippen MR) is 118 cm³/mol. The summed E-state index contributed by atoms with van der Waals surface area (Å²) in [6.45, 7) is 0.321. The van der Waals surface area contributed by atoms with Gasteiger partial charge < -0.3 is 9.64 Å². The highest BCUT2D eigenvalue weighted by atomic mass is 19.1. The topological polar surface area (TPSA) is 108 Å². The number of aromatic nitrogens is 4. The van der Waals surface area contributed by atoms with Gasteiger partial charge in [0, 0.05) is 48.7 Å². The molecule has 164 valence electrons. The van der Waals surface area contributed by atoms with E-state index in [0.717, 1.165) is 35.4 Å². The maximum absolute atomic E-state index is 14.0. The third-order valence-corrected chi connectivity index (χ3v) is 5.41. The van der Waals surface area contributed by atoms with Crippen LogP contribution in [0.25, 0.3) is 22.2 Å². The third-order valence-electron chi connectivity index (χ3n) is 5.41. The number of nitriles is 1. The standard InChI is InChI=1S/C24H19FN6O2/c1-31(13-18-10-27-9-17-12-29-30-22(17)18)24(32)16-7-21(33-20-2-3-20)23(28-11-16)15-4-14(8-26)5-19(25)6-15/h4-7,9-12,20H,2-3,13H2,1H3,(H,29,30). The van der Waals surface area contributed by atoms with E-state index in [1.807, 2.05) is 6.07 Å². The molecule has 1 aliphatic rings. The monoisotopic (exact) mass is 442 g/mol. The number of nitrogens with zero attached hydrogens (tertiary/aromatic N) is 5. The van der Waals surface area contributed by atoms with E-state index in [1.54, 1.807) is 42.7 Å². The Bertz CT molecular complexity index is 1410. The first-order valence-electron chi connectivity index (χ1n) is 10.4. The maximum Gasteiger partial charge on any atom is 0.255 e. The quantitative estimate of drug-likeness (QED) is 0.486. The largest absolute Gasteiger partial charge is 0.488 e. The van der Waals surface area contributed by atoms with E-state index >= 15 is 0 Å². The van der Waals surface area contributed by atoms with Crippen LogP contribution in [0.4, 0.5) is 4.39 Å². The van der Waals surface area contributed by atoms with Crippen LogP contribution in [0, 0.1) is 17.1 Å². The predicted octanol–water partition coefficient (Wildman–Crippen LogP) is 3.84. The lowest BCUT2D eigenvalue weighted by Gasteiger charge is -2.19. The second kappa shape index (κ2) is 8.31. The second-order valence-electron chi connectivity index (χ2n) is 8.02. The number of ether oxygens (including phenoxy) is 1. The van der Waals surface area contributed by atoms with Gasteiger partial charge in [-0.25, -0.2) is 4.39 Å². The van der Waals surface area contributed by atoms with Gasteiger partial charge in [0.05, 0.1) is 35.0 Å². The van der Waals surface area contributed by atoms with Crippen LogP contribution >= 0.6 is 0 Å². The Labute approximate surface area is 188 Å². The molecule has 9 heteroatoms. The van der Waals surface area contributed by atoms with E-state index in [9.17, 15) is 14.4 Å². The molecule has 1 aliphatic carbocycles. The molecule has 33 heavy (non-hydrogen) atoms. The zero-order chi connectivity index (χ0) is 22.9. The summed E-state index contributed by atoms with van der Waals surface area (Å²) < 4.78 is 20.0. The number of carbonyl (C=O) groups excluding carboxylic acids is 1. The molecule has 3 aromatic heterocycles. The van der Waals surface area contributed by atoms with E-state index in [1.165, 1.54) is 12.3 Å². The Morgan fingerprint density at radius 3 is 2.88 bits per heavy atom. The van der Waals surface area contributed by atoms with Gasteiger partial charge >= 0.3 is 0 Å². The number of fused-ring (bicyclic) bond motifs is 1. The lowest BCUT2D eigenvalue weighted by molar-refractivity contribution is 0.0784. The van der Waals surface area contributed by atoms with Crippen LogP contribution < -0.4 is 4.74 Å². The molecule has 1 amide bonds. The highest BCUT2D eigenvalue weighted by Gasteiger charge is 2.26. The van der Waals surface area contributed by atoms with Crippen molar-refractivity contribution < 1.29 is 13.9 Å². The molecule has 1 saturated carbocycles. The third kappa shape index (κ3) is 4.23. The van der Waals surface area contributed by atoms with Gasteiger partial charge in [0.15, 0.2) is 0 Å². The summed E-state index contributed by atoms with van der Waals surface area (Å²) >= 11 is 0. The van der Waals surface area contributed by atoms with E-state index in [0.29, 0.717) is 29.1 Å². The maximum atomic E-state index is 14.0. The van der Waals surface area contributed by atoms with Crippen LogP contribution in [0.2, 0.25) is 0 Å². The number of halogens is 1. The zero-order valence-corrected chi connectivity index (χ0v) is 17.7. The zero-order valence-electron chi connectivity index (χ0n) is 17.7. The van der Waals surface area contributed by atoms with Crippen molar-refractivity contribution in [2.45, 2.75) is 25.5 Å². The highest BCUT2D eigenvalue weighted by molar-refractivity contribution is 5.95. The number of rotatable bonds is 6. The molecule has 1 N–H and O–H groups in total. The smallest absolute Gasteiger partial charge is 0.255 e. The molecule has 0 atom stereocenters. The molecule has 3 heterocycles. The lowest BCUT2D eigenvalue weighted by atomic mass is 10.1. The normalized spacial score (nSPS) is 13.0. The summed E-state index contributed by atoms with van der Waals surface area (Å²) in [5.41, 5.74) is 3.01. The number of hydrogen-bond donors (Lipinski definition) is 1. The molecule has 1 aromatic carbocycles. The number of hydrogen-bond acceptors (Lipinski definition) is 6. The minimum Gasteiger partial charge on any atom is -0.488 e. The van der Waals surface area contributed by atoms with Crippen molar-refractivity contribution in [3.8, 4) is 23.1 Å². The number of carbonyl (C=O) groups is 1. The van der Waals surface area contributed by atoms with Gasteiger partial charge in [-0.05, 0) is 37.1 Å². The second-order valence-corrected chi connectivity index (χ2v) is 8.02. The minimum atomic E-state index is -0.537. The summed E-state index contributed by atoms with van der Waals surface area (Å²) in [6, 6.07) is 7.59. The molecule has 5 rings (SSSR count). The van der Waals surface area contributed by atoms with Gasteiger partial charge in [0.1, 0.15) is 17.3 Å². The first-order chi connectivity index (χ1) is 16.0. The van der Waals surface area contributed by atoms with Crippen molar-refractivity contribution in [3.63, 3.8) is 0 Å². The molecule has 0 radical (unpaired) electrons. The van der Waals surface area contributed by atoms with Crippen LogP contribution in [0.15, 0.2) is 49.1 Å². The molecule has 0 unspecified atom stereocenters. The van der Waals surface area contributed by atoms with Gasteiger partial charge in [-0.15, -0.1) is 0 Å². The van der Waals surface area contributed by atoms with Gasteiger partial charge in [-0.1, -0.05) is 0 Å². The number of benzene rings is 1. The van der Waals surface area contributed by atoms with E-state index in [4.69, 9.17) is 4.74 Å². The van der Waals surface area contributed by atoms with Crippen LogP contribution in [0.3, 0.4) is 0 Å². The van der Waals surface area contributed by atoms with Crippen molar-refractivity contribution in [1.29, 1.82) is 5.26 Å². The first kappa shape index (κ1) is 20.6. The number of pyridine rings is 2. The fourth-order valence-electron chi connectivity index (χ4n) is 3.61. The Morgan fingerprint density at radius 1 is 1.24 bits per heavy atom. The SMILES string of the molecule is CN(Cc1cncc2cn[nH]c12)C(=O)c1cnc(-c2cc(F)cc(C#N)c2)c(OC2CC2)c1. The average molecular weight is 442 g/mol.